The second kappa shape index (κ2) is 3.90. The number of carbonyl (C=O) groups is 1. The number of rotatable bonds is 2. The van der Waals surface area contributed by atoms with Crippen LogP contribution in [0.4, 0.5) is 5.69 Å². The van der Waals surface area contributed by atoms with E-state index in [0.29, 0.717) is 5.82 Å². The fourth-order valence-electron chi connectivity index (χ4n) is 1.22. The van der Waals surface area contributed by atoms with Crippen LogP contribution in [0.5, 0.6) is 0 Å². The van der Waals surface area contributed by atoms with E-state index >= 15 is 0 Å². The van der Waals surface area contributed by atoms with E-state index < -0.39 is 5.91 Å². The van der Waals surface area contributed by atoms with Crippen molar-refractivity contribution in [3.63, 3.8) is 0 Å². The standard InChI is InChI=1S/C9H7N7O/c10-2-7-14-4-16(15-7)8-1-5(9(12)17)6(11)3-13-8/h1,3-4H,11H2,(H2,12,17). The quantitative estimate of drug-likeness (QED) is 0.692. The monoisotopic (exact) mass is 229 g/mol. The van der Waals surface area contributed by atoms with E-state index in [4.69, 9.17) is 16.7 Å². The molecule has 17 heavy (non-hydrogen) atoms. The molecule has 0 aliphatic rings. The maximum absolute atomic E-state index is 11.1. The van der Waals surface area contributed by atoms with Crippen molar-refractivity contribution in [2.24, 2.45) is 5.73 Å². The number of hydrogen-bond donors (Lipinski definition) is 2. The number of nitrogens with zero attached hydrogens (tertiary/aromatic N) is 5. The third-order valence-corrected chi connectivity index (χ3v) is 2.01. The smallest absolute Gasteiger partial charge is 0.252 e. The number of nitrogens with two attached hydrogens (primary N) is 2. The van der Waals surface area contributed by atoms with Crippen molar-refractivity contribution in [1.29, 1.82) is 5.26 Å². The molecule has 2 aromatic rings. The average molecular weight is 229 g/mol. The molecule has 1 amide bonds. The predicted octanol–water partition coefficient (Wildman–Crippen LogP) is -0.785. The van der Waals surface area contributed by atoms with Crippen molar-refractivity contribution in [2.45, 2.75) is 0 Å². The van der Waals surface area contributed by atoms with Crippen LogP contribution in [0.1, 0.15) is 16.2 Å². The lowest BCUT2D eigenvalue weighted by Crippen LogP contribution is -2.15. The molecular weight excluding hydrogens is 222 g/mol. The minimum Gasteiger partial charge on any atom is -0.397 e. The van der Waals surface area contributed by atoms with E-state index in [9.17, 15) is 4.79 Å². The molecule has 0 radical (unpaired) electrons. The van der Waals surface area contributed by atoms with Crippen LogP contribution in [0.15, 0.2) is 18.6 Å². The van der Waals surface area contributed by atoms with Gasteiger partial charge in [-0.15, -0.1) is 5.10 Å². The molecule has 2 heterocycles. The summed E-state index contributed by atoms with van der Waals surface area (Å²) in [5.41, 5.74) is 11.0. The molecule has 0 aliphatic heterocycles. The van der Waals surface area contributed by atoms with Crippen molar-refractivity contribution in [3.05, 3.63) is 30.0 Å². The Balaban J connectivity index is 2.50. The van der Waals surface area contributed by atoms with Crippen LogP contribution in [-0.4, -0.2) is 25.7 Å². The fraction of sp³-hybridized carbons (Fsp3) is 0. The predicted molar refractivity (Wildman–Crippen MR) is 56.8 cm³/mol. The molecule has 0 aliphatic carbocycles. The van der Waals surface area contributed by atoms with Crippen LogP contribution in [0.3, 0.4) is 0 Å². The normalized spacial score (nSPS) is 9.82. The number of pyridine rings is 1. The van der Waals surface area contributed by atoms with Crippen molar-refractivity contribution in [1.82, 2.24) is 19.7 Å². The van der Waals surface area contributed by atoms with Crippen molar-refractivity contribution < 1.29 is 4.79 Å². The van der Waals surface area contributed by atoms with Gasteiger partial charge in [0.2, 0.25) is 0 Å². The number of anilines is 1. The van der Waals surface area contributed by atoms with Crippen molar-refractivity contribution in [3.8, 4) is 11.9 Å². The summed E-state index contributed by atoms with van der Waals surface area (Å²) in [6, 6.07) is 3.16. The van der Waals surface area contributed by atoms with Gasteiger partial charge in [-0.1, -0.05) is 0 Å². The highest BCUT2D eigenvalue weighted by atomic mass is 16.1. The molecule has 2 rings (SSSR count). The van der Waals surface area contributed by atoms with Crippen LogP contribution in [0.25, 0.3) is 5.82 Å². The lowest BCUT2D eigenvalue weighted by atomic mass is 10.2. The second-order valence-corrected chi connectivity index (χ2v) is 3.12. The first-order valence-electron chi connectivity index (χ1n) is 4.49. The van der Waals surface area contributed by atoms with Gasteiger partial charge in [-0.25, -0.2) is 14.6 Å². The number of nitrogen functional groups attached to an aromatic ring is 1. The molecule has 0 bridgehead atoms. The molecule has 8 nitrogen and oxygen atoms in total. The first-order valence-corrected chi connectivity index (χ1v) is 4.49. The van der Waals surface area contributed by atoms with Gasteiger partial charge in [-0.3, -0.25) is 4.79 Å². The van der Waals surface area contributed by atoms with Gasteiger partial charge in [0.05, 0.1) is 17.4 Å². The molecule has 2 aromatic heterocycles. The number of hydrogen-bond acceptors (Lipinski definition) is 6. The average Bonchev–Trinajstić information content (AvgIpc) is 2.78. The van der Waals surface area contributed by atoms with E-state index in [0.717, 1.165) is 0 Å². The number of aromatic nitrogens is 4. The lowest BCUT2D eigenvalue weighted by Gasteiger charge is -2.03. The summed E-state index contributed by atoms with van der Waals surface area (Å²) >= 11 is 0. The number of carbonyl (C=O) groups excluding carboxylic acids is 1. The Bertz CT molecular complexity index is 625. The van der Waals surface area contributed by atoms with E-state index in [1.807, 2.05) is 0 Å². The zero-order valence-corrected chi connectivity index (χ0v) is 8.53. The summed E-state index contributed by atoms with van der Waals surface area (Å²) in [4.78, 5) is 18.8. The minimum absolute atomic E-state index is 0.00394. The third-order valence-electron chi connectivity index (χ3n) is 2.01. The van der Waals surface area contributed by atoms with Crippen molar-refractivity contribution >= 4 is 11.6 Å². The fourth-order valence-corrected chi connectivity index (χ4v) is 1.22. The Labute approximate surface area is 95.5 Å². The summed E-state index contributed by atoms with van der Waals surface area (Å²) in [5.74, 6) is -0.349. The largest absolute Gasteiger partial charge is 0.397 e. The molecule has 0 saturated heterocycles. The van der Waals surface area contributed by atoms with Gasteiger partial charge in [0.15, 0.2) is 5.82 Å². The molecule has 8 heteroatoms. The number of amides is 1. The Hall–Kier alpha value is -2.95. The first kappa shape index (κ1) is 10.6. The van der Waals surface area contributed by atoms with Gasteiger partial charge < -0.3 is 11.5 Å². The summed E-state index contributed by atoms with van der Waals surface area (Å²) in [6.45, 7) is 0. The molecule has 4 N–H and O–H groups in total. The third kappa shape index (κ3) is 1.89. The van der Waals surface area contributed by atoms with Gasteiger partial charge in [-0.05, 0) is 6.07 Å². The first-order chi connectivity index (χ1) is 8.11. The maximum Gasteiger partial charge on any atom is 0.252 e. The molecular formula is C9H7N7O. The summed E-state index contributed by atoms with van der Waals surface area (Å²) in [5, 5.41) is 12.4. The summed E-state index contributed by atoms with van der Waals surface area (Å²) < 4.78 is 1.25. The zero-order chi connectivity index (χ0) is 12.4. The van der Waals surface area contributed by atoms with E-state index in [1.165, 1.54) is 23.3 Å². The van der Waals surface area contributed by atoms with Gasteiger partial charge in [0.1, 0.15) is 12.4 Å². The zero-order valence-electron chi connectivity index (χ0n) is 8.53. The Morgan fingerprint density at radius 3 is 2.82 bits per heavy atom. The van der Waals surface area contributed by atoms with Crippen LogP contribution >= 0.6 is 0 Å². The number of primary amides is 1. The molecule has 0 spiro atoms. The molecule has 0 saturated carbocycles. The van der Waals surface area contributed by atoms with Gasteiger partial charge in [-0.2, -0.15) is 5.26 Å². The highest BCUT2D eigenvalue weighted by Gasteiger charge is 2.10. The Kier molecular flexibility index (Phi) is 2.42. The minimum atomic E-state index is -0.660. The molecule has 0 aromatic carbocycles. The molecule has 0 atom stereocenters. The summed E-state index contributed by atoms with van der Waals surface area (Å²) in [7, 11) is 0. The Morgan fingerprint density at radius 2 is 2.24 bits per heavy atom. The van der Waals surface area contributed by atoms with E-state index in [-0.39, 0.29) is 17.1 Å². The van der Waals surface area contributed by atoms with Gasteiger partial charge in [0, 0.05) is 0 Å². The molecule has 84 valence electrons. The van der Waals surface area contributed by atoms with Gasteiger partial charge >= 0.3 is 0 Å². The Morgan fingerprint density at radius 1 is 1.47 bits per heavy atom. The lowest BCUT2D eigenvalue weighted by molar-refractivity contribution is 0.100. The van der Waals surface area contributed by atoms with Crippen LogP contribution in [-0.2, 0) is 0 Å². The van der Waals surface area contributed by atoms with Crippen molar-refractivity contribution in [2.75, 3.05) is 5.73 Å². The van der Waals surface area contributed by atoms with Gasteiger partial charge in [0.25, 0.3) is 11.7 Å². The number of nitriles is 1. The van der Waals surface area contributed by atoms with Crippen LogP contribution in [0.2, 0.25) is 0 Å². The summed E-state index contributed by atoms with van der Waals surface area (Å²) in [6.07, 6.45) is 2.60. The van der Waals surface area contributed by atoms with E-state index in [1.54, 1.807) is 6.07 Å². The highest BCUT2D eigenvalue weighted by molar-refractivity contribution is 5.98. The second-order valence-electron chi connectivity index (χ2n) is 3.12. The highest BCUT2D eigenvalue weighted by Crippen LogP contribution is 2.13. The van der Waals surface area contributed by atoms with Crippen LogP contribution < -0.4 is 11.5 Å². The van der Waals surface area contributed by atoms with E-state index in [2.05, 4.69) is 15.1 Å². The molecule has 0 unspecified atom stereocenters. The SMILES string of the molecule is N#Cc1ncn(-c2cc(C(N)=O)c(N)cn2)n1. The maximum atomic E-state index is 11.1. The topological polar surface area (TPSA) is 136 Å². The molecule has 0 fully saturated rings. The van der Waals surface area contributed by atoms with Crippen LogP contribution in [0, 0.1) is 11.3 Å².